The molecule has 3 saturated heterocycles. The Hall–Kier alpha value is -1.33. The van der Waals surface area contributed by atoms with Crippen molar-refractivity contribution < 1.29 is 24.6 Å². The minimum Gasteiger partial charge on any atom is -0.477 e. The Balaban J connectivity index is 0.00000272. The van der Waals surface area contributed by atoms with Crippen molar-refractivity contribution in [1.29, 1.82) is 0 Å². The highest BCUT2D eigenvalue weighted by molar-refractivity contribution is 8.03. The van der Waals surface area contributed by atoms with Crippen LogP contribution in [0.25, 0.3) is 0 Å². The van der Waals surface area contributed by atoms with E-state index >= 15 is 0 Å². The smallest absolute Gasteiger partial charge is 0.353 e. The summed E-state index contributed by atoms with van der Waals surface area (Å²) in [6.07, 6.45) is 0.777. The van der Waals surface area contributed by atoms with Crippen molar-refractivity contribution >= 4 is 42.0 Å². The molecular formula is C20H31ClN4O5S. The first kappa shape index (κ1) is 24.3. The average molecular weight is 475 g/mol. The van der Waals surface area contributed by atoms with Gasteiger partial charge in [0.25, 0.3) is 0 Å². The fraction of sp³-hybridized carbons (Fsp3) is 0.750. The number of hydrogen-bond acceptors (Lipinski definition) is 7. The molecule has 4 aliphatic rings. The van der Waals surface area contributed by atoms with Gasteiger partial charge in [-0.3, -0.25) is 9.59 Å². The molecule has 174 valence electrons. The number of likely N-dealkylation sites (tertiary alicyclic amines) is 1. The van der Waals surface area contributed by atoms with Gasteiger partial charge >= 0.3 is 5.97 Å². The Bertz CT molecular complexity index is 794. The molecule has 4 aliphatic heterocycles. The molecule has 0 spiro atoms. The number of aliphatic hydroxyl groups excluding tert-OH is 1. The molecule has 0 aromatic carbocycles. The SMILES string of the molecule is CN[C@H]1CCN(C(=O)[C@@H]2C[C@H](SC3=C(C(=O)O)N4C(=O)[C@H]([C@@H](C)O)[C@H]4[C@H]3C)CN2)C1.Cl. The van der Waals surface area contributed by atoms with Crippen molar-refractivity contribution in [2.45, 2.75) is 56.2 Å². The van der Waals surface area contributed by atoms with E-state index < -0.39 is 18.0 Å². The molecular weight excluding hydrogens is 444 g/mol. The van der Waals surface area contributed by atoms with Crippen LogP contribution in [-0.2, 0) is 14.4 Å². The number of fused-ring (bicyclic) bond motifs is 1. The maximum atomic E-state index is 12.8. The molecule has 0 aromatic rings. The molecule has 2 amide bonds. The molecule has 9 nitrogen and oxygen atoms in total. The highest BCUT2D eigenvalue weighted by Crippen LogP contribution is 2.51. The summed E-state index contributed by atoms with van der Waals surface area (Å²) in [4.78, 5) is 41.2. The first-order chi connectivity index (χ1) is 14.2. The van der Waals surface area contributed by atoms with E-state index in [1.165, 1.54) is 16.7 Å². The van der Waals surface area contributed by atoms with Crippen LogP contribution in [0.1, 0.15) is 26.7 Å². The van der Waals surface area contributed by atoms with Crippen LogP contribution < -0.4 is 10.6 Å². The van der Waals surface area contributed by atoms with Gasteiger partial charge in [-0.2, -0.15) is 0 Å². The minimum atomic E-state index is -1.11. The van der Waals surface area contributed by atoms with E-state index in [9.17, 15) is 24.6 Å². The number of aliphatic carboxylic acids is 1. The Morgan fingerprint density at radius 1 is 1.35 bits per heavy atom. The summed E-state index contributed by atoms with van der Waals surface area (Å²) in [6.45, 7) is 5.59. The molecule has 31 heavy (non-hydrogen) atoms. The summed E-state index contributed by atoms with van der Waals surface area (Å²) >= 11 is 1.47. The molecule has 0 radical (unpaired) electrons. The lowest BCUT2D eigenvalue weighted by Gasteiger charge is -2.46. The van der Waals surface area contributed by atoms with Crippen LogP contribution in [0, 0.1) is 11.8 Å². The number of nitrogens with one attached hydrogen (secondary N) is 2. The van der Waals surface area contributed by atoms with Crippen LogP contribution in [0.2, 0.25) is 0 Å². The highest BCUT2D eigenvalue weighted by Gasteiger charge is 2.60. The second-order valence-corrected chi connectivity index (χ2v) is 10.1. The van der Waals surface area contributed by atoms with E-state index in [0.29, 0.717) is 23.9 Å². The Labute approximate surface area is 192 Å². The lowest BCUT2D eigenvalue weighted by molar-refractivity contribution is -0.163. The number of carboxylic acids is 1. The number of hydrogen-bond donors (Lipinski definition) is 4. The van der Waals surface area contributed by atoms with E-state index in [1.54, 1.807) is 6.92 Å². The summed E-state index contributed by atoms with van der Waals surface area (Å²) in [5.41, 5.74) is 0.0468. The van der Waals surface area contributed by atoms with Gasteiger partial charge in [0, 0.05) is 41.7 Å². The third-order valence-electron chi connectivity index (χ3n) is 6.90. The van der Waals surface area contributed by atoms with Gasteiger partial charge < -0.3 is 30.6 Å². The monoisotopic (exact) mass is 474 g/mol. The largest absolute Gasteiger partial charge is 0.477 e. The number of nitrogens with zero attached hydrogens (tertiary/aromatic N) is 2. The van der Waals surface area contributed by atoms with Gasteiger partial charge in [-0.15, -0.1) is 24.2 Å². The van der Waals surface area contributed by atoms with E-state index in [2.05, 4.69) is 10.6 Å². The van der Waals surface area contributed by atoms with Crippen LogP contribution in [0.5, 0.6) is 0 Å². The number of β-lactam (4-membered cyclic amide) rings is 1. The topological polar surface area (TPSA) is 122 Å². The van der Waals surface area contributed by atoms with Crippen LogP contribution >= 0.6 is 24.2 Å². The third kappa shape index (κ3) is 4.08. The molecule has 11 heteroatoms. The van der Waals surface area contributed by atoms with Gasteiger partial charge in [-0.25, -0.2) is 4.79 Å². The summed E-state index contributed by atoms with van der Waals surface area (Å²) in [5.74, 6) is -2.03. The van der Waals surface area contributed by atoms with Crippen molar-refractivity contribution in [3.8, 4) is 0 Å². The number of rotatable bonds is 6. The van der Waals surface area contributed by atoms with Gasteiger partial charge in [-0.05, 0) is 26.8 Å². The van der Waals surface area contributed by atoms with Crippen molar-refractivity contribution in [2.75, 3.05) is 26.7 Å². The molecule has 4 rings (SSSR count). The van der Waals surface area contributed by atoms with E-state index in [-0.39, 0.29) is 53.2 Å². The summed E-state index contributed by atoms with van der Waals surface area (Å²) in [6, 6.07) is -0.222. The van der Waals surface area contributed by atoms with Gasteiger partial charge in [0.05, 0.1) is 24.1 Å². The zero-order valence-electron chi connectivity index (χ0n) is 17.9. The maximum absolute atomic E-state index is 12.8. The average Bonchev–Trinajstić information content (AvgIpc) is 3.40. The van der Waals surface area contributed by atoms with Crippen molar-refractivity contribution in [2.24, 2.45) is 11.8 Å². The lowest BCUT2D eigenvalue weighted by Crippen LogP contribution is -2.63. The number of amides is 2. The number of carboxylic acid groups (broad SMARTS) is 1. The van der Waals surface area contributed by atoms with E-state index in [1.807, 2.05) is 18.9 Å². The minimum absolute atomic E-state index is 0. The Kier molecular flexibility index (Phi) is 7.27. The van der Waals surface area contributed by atoms with Crippen LogP contribution in [0.3, 0.4) is 0 Å². The lowest BCUT2D eigenvalue weighted by atomic mass is 9.79. The van der Waals surface area contributed by atoms with Crippen LogP contribution in [0.15, 0.2) is 10.6 Å². The zero-order valence-corrected chi connectivity index (χ0v) is 19.5. The number of carbonyl (C=O) groups is 3. The van der Waals surface area contributed by atoms with Crippen molar-refractivity contribution in [3.63, 3.8) is 0 Å². The number of aliphatic hydroxyl groups is 1. The number of halogens is 1. The highest BCUT2D eigenvalue weighted by atomic mass is 35.5. The summed E-state index contributed by atoms with van der Waals surface area (Å²) < 4.78 is 0. The zero-order chi connectivity index (χ0) is 21.7. The molecule has 3 fully saturated rings. The Morgan fingerprint density at radius 2 is 2.06 bits per heavy atom. The van der Waals surface area contributed by atoms with Gasteiger partial charge in [0.15, 0.2) is 0 Å². The van der Waals surface area contributed by atoms with Crippen molar-refractivity contribution in [3.05, 3.63) is 10.6 Å². The normalized spacial score (nSPS) is 35.7. The first-order valence-electron chi connectivity index (χ1n) is 10.6. The second-order valence-electron chi connectivity index (χ2n) is 8.77. The predicted octanol–water partition coefficient (Wildman–Crippen LogP) is -0.154. The summed E-state index contributed by atoms with van der Waals surface area (Å²) in [5, 5.41) is 26.3. The van der Waals surface area contributed by atoms with Crippen molar-refractivity contribution in [1.82, 2.24) is 20.4 Å². The molecule has 7 atom stereocenters. The molecule has 0 unspecified atom stereocenters. The van der Waals surface area contributed by atoms with Gasteiger partial charge in [0.2, 0.25) is 11.8 Å². The molecule has 0 saturated carbocycles. The molecule has 0 bridgehead atoms. The number of thioether (sulfide) groups is 1. The van der Waals surface area contributed by atoms with E-state index in [4.69, 9.17) is 0 Å². The standard InChI is InChI=1S/C20H30N4O5S.ClH/c1-9-15-14(10(2)25)19(27)24(15)16(20(28)29)17(9)30-12-6-13(22-7-12)18(26)23-5-4-11(8-23)21-3;/h9-15,21-22,25H,4-8H2,1-3H3,(H,28,29);1H/t9-,10-,11+,12+,13+,14-,15-;/m1./s1. The van der Waals surface area contributed by atoms with Gasteiger partial charge in [0.1, 0.15) is 5.70 Å². The fourth-order valence-electron chi connectivity index (χ4n) is 5.26. The van der Waals surface area contributed by atoms with Crippen LogP contribution in [-0.4, -0.2) is 94.0 Å². The fourth-order valence-corrected chi connectivity index (χ4v) is 6.73. The number of likely N-dealkylation sites (N-methyl/N-ethyl adjacent to an activating group) is 1. The first-order valence-corrected chi connectivity index (χ1v) is 11.5. The van der Waals surface area contributed by atoms with Crippen LogP contribution in [0.4, 0.5) is 0 Å². The second kappa shape index (κ2) is 9.27. The molecule has 4 N–H and O–H groups in total. The number of carbonyl (C=O) groups excluding carboxylic acids is 2. The van der Waals surface area contributed by atoms with E-state index in [0.717, 1.165) is 19.5 Å². The molecule has 4 heterocycles. The Morgan fingerprint density at radius 3 is 2.65 bits per heavy atom. The summed E-state index contributed by atoms with van der Waals surface area (Å²) in [7, 11) is 1.91. The maximum Gasteiger partial charge on any atom is 0.353 e. The quantitative estimate of drug-likeness (QED) is 0.392. The third-order valence-corrected chi connectivity index (χ3v) is 8.41. The molecule has 0 aliphatic carbocycles. The predicted molar refractivity (Wildman–Crippen MR) is 119 cm³/mol. The van der Waals surface area contributed by atoms with Gasteiger partial charge in [-0.1, -0.05) is 6.92 Å². The molecule has 0 aromatic heterocycles.